The van der Waals surface area contributed by atoms with E-state index in [1.165, 1.54) is 24.3 Å². The average molecular weight is 440 g/mol. The highest BCUT2D eigenvalue weighted by Crippen LogP contribution is 2.30. The summed E-state index contributed by atoms with van der Waals surface area (Å²) in [7, 11) is 1.55. The highest BCUT2D eigenvalue weighted by atomic mass is 32.1. The van der Waals surface area contributed by atoms with Crippen LogP contribution in [-0.4, -0.2) is 37.4 Å². The zero-order valence-corrected chi connectivity index (χ0v) is 16.0. The lowest BCUT2D eigenvalue weighted by Gasteiger charge is -2.12. The fraction of sp³-hybridized carbons (Fsp3) is 0.412. The molecule has 0 saturated heterocycles. The van der Waals surface area contributed by atoms with Crippen LogP contribution in [0.2, 0.25) is 0 Å². The number of aliphatic imine (C=N–C) groups is 1. The number of nitrogens with one attached hydrogen (secondary N) is 2. The van der Waals surface area contributed by atoms with Crippen LogP contribution >= 0.6 is 11.3 Å². The van der Waals surface area contributed by atoms with Crippen LogP contribution in [0.3, 0.4) is 0 Å². The molecule has 0 bridgehead atoms. The maximum Gasteiger partial charge on any atom is 0.573 e. The minimum Gasteiger partial charge on any atom is -0.406 e. The molecule has 2 aromatic rings. The fourth-order valence-corrected chi connectivity index (χ4v) is 3.05. The van der Waals surface area contributed by atoms with Crippen LogP contribution in [0.15, 0.2) is 34.6 Å². The Labute approximate surface area is 166 Å². The van der Waals surface area contributed by atoms with Crippen LogP contribution in [0.25, 0.3) is 0 Å². The standard InChI is InChI=1S/C17H18F6N4OS/c1-24-15(26-9-7-14-27-13(10-29-14)16(18,19)20)25-8-6-11-2-4-12(5-3-11)28-17(21,22)23/h2-5,10H,6-9H2,1H3,(H2,24,25,26). The van der Waals surface area contributed by atoms with E-state index in [0.717, 1.165) is 22.3 Å². The molecule has 12 heteroatoms. The monoisotopic (exact) mass is 440 g/mol. The van der Waals surface area contributed by atoms with Crippen LogP contribution in [0.4, 0.5) is 26.3 Å². The maximum absolute atomic E-state index is 12.5. The molecule has 0 aliphatic carbocycles. The van der Waals surface area contributed by atoms with Crippen molar-refractivity contribution < 1.29 is 31.1 Å². The summed E-state index contributed by atoms with van der Waals surface area (Å²) >= 11 is 0.943. The van der Waals surface area contributed by atoms with E-state index in [9.17, 15) is 26.3 Å². The molecule has 29 heavy (non-hydrogen) atoms. The topological polar surface area (TPSA) is 58.5 Å². The van der Waals surface area contributed by atoms with Gasteiger partial charge < -0.3 is 15.4 Å². The quantitative estimate of drug-likeness (QED) is 0.388. The Hall–Kier alpha value is -2.50. The summed E-state index contributed by atoms with van der Waals surface area (Å²) in [4.78, 5) is 7.55. The minimum absolute atomic E-state index is 0.289. The van der Waals surface area contributed by atoms with Gasteiger partial charge in [0.15, 0.2) is 11.7 Å². The summed E-state index contributed by atoms with van der Waals surface area (Å²) in [6.07, 6.45) is -8.35. The van der Waals surface area contributed by atoms with Crippen molar-refractivity contribution in [1.82, 2.24) is 15.6 Å². The van der Waals surface area contributed by atoms with E-state index < -0.39 is 18.2 Å². The first kappa shape index (κ1) is 22.8. The van der Waals surface area contributed by atoms with E-state index in [1.54, 1.807) is 7.05 Å². The van der Waals surface area contributed by atoms with Gasteiger partial charge in [-0.3, -0.25) is 4.99 Å². The number of hydrogen-bond donors (Lipinski definition) is 2. The third kappa shape index (κ3) is 8.18. The summed E-state index contributed by atoms with van der Waals surface area (Å²) in [5.74, 6) is 0.164. The van der Waals surface area contributed by atoms with E-state index >= 15 is 0 Å². The van der Waals surface area contributed by atoms with E-state index in [2.05, 4.69) is 25.3 Å². The number of thiazole rings is 1. The van der Waals surface area contributed by atoms with Gasteiger partial charge in [0.05, 0.1) is 5.01 Å². The van der Waals surface area contributed by atoms with Crippen molar-refractivity contribution in [2.75, 3.05) is 20.1 Å². The van der Waals surface area contributed by atoms with E-state index in [0.29, 0.717) is 36.9 Å². The maximum atomic E-state index is 12.5. The molecular weight excluding hydrogens is 422 g/mol. The largest absolute Gasteiger partial charge is 0.573 e. The summed E-state index contributed by atoms with van der Waals surface area (Å²) in [5.41, 5.74) is -0.100. The van der Waals surface area contributed by atoms with E-state index in [1.807, 2.05) is 0 Å². The number of nitrogens with zero attached hydrogens (tertiary/aromatic N) is 2. The first-order valence-electron chi connectivity index (χ1n) is 8.37. The van der Waals surface area contributed by atoms with Crippen molar-refractivity contribution in [3.05, 3.63) is 45.9 Å². The molecule has 0 amide bonds. The number of ether oxygens (including phenoxy) is 1. The van der Waals surface area contributed by atoms with Crippen molar-refractivity contribution in [3.63, 3.8) is 0 Å². The van der Waals surface area contributed by atoms with Gasteiger partial charge >= 0.3 is 12.5 Å². The van der Waals surface area contributed by atoms with E-state index in [4.69, 9.17) is 0 Å². The smallest absolute Gasteiger partial charge is 0.406 e. The molecule has 0 aliphatic rings. The number of halogens is 6. The third-order valence-electron chi connectivity index (χ3n) is 3.56. The van der Waals surface area contributed by atoms with E-state index in [-0.39, 0.29) is 5.75 Å². The summed E-state index contributed by atoms with van der Waals surface area (Å²) in [6.45, 7) is 0.794. The van der Waals surface area contributed by atoms with Gasteiger partial charge in [-0.2, -0.15) is 13.2 Å². The van der Waals surface area contributed by atoms with Crippen LogP contribution in [0, 0.1) is 0 Å². The third-order valence-corrected chi connectivity index (χ3v) is 4.47. The van der Waals surface area contributed by atoms with Crippen molar-refractivity contribution in [3.8, 4) is 5.75 Å². The molecule has 1 aromatic heterocycles. The Bertz CT molecular complexity index is 801. The molecule has 160 valence electrons. The Morgan fingerprint density at radius 1 is 1.03 bits per heavy atom. The number of guanidine groups is 1. The summed E-state index contributed by atoms with van der Waals surface area (Å²) in [5, 5.41) is 7.33. The van der Waals surface area contributed by atoms with Crippen molar-refractivity contribution >= 4 is 17.3 Å². The lowest BCUT2D eigenvalue weighted by atomic mass is 10.1. The predicted molar refractivity (Wildman–Crippen MR) is 97.0 cm³/mol. The molecule has 0 spiro atoms. The Kier molecular flexibility index (Phi) is 7.71. The second kappa shape index (κ2) is 9.81. The molecule has 1 heterocycles. The summed E-state index contributed by atoms with van der Waals surface area (Å²) in [6, 6.07) is 5.53. The Morgan fingerprint density at radius 2 is 1.66 bits per heavy atom. The van der Waals surface area contributed by atoms with Gasteiger partial charge in [-0.15, -0.1) is 24.5 Å². The van der Waals surface area contributed by atoms with Gasteiger partial charge in [0, 0.05) is 31.9 Å². The highest BCUT2D eigenvalue weighted by molar-refractivity contribution is 7.09. The highest BCUT2D eigenvalue weighted by Gasteiger charge is 2.33. The van der Waals surface area contributed by atoms with Gasteiger partial charge in [0.2, 0.25) is 0 Å². The molecule has 0 fully saturated rings. The molecule has 0 aliphatic heterocycles. The normalized spacial score (nSPS) is 12.7. The summed E-state index contributed by atoms with van der Waals surface area (Å²) < 4.78 is 77.8. The van der Waals surface area contributed by atoms with Crippen molar-refractivity contribution in [2.45, 2.75) is 25.4 Å². The SMILES string of the molecule is CN=C(NCCc1ccc(OC(F)(F)F)cc1)NCCc1nc(C(F)(F)F)cs1. The molecule has 2 N–H and O–H groups in total. The van der Waals surface area contributed by atoms with Gasteiger partial charge in [-0.05, 0) is 24.1 Å². The number of aromatic nitrogens is 1. The molecule has 0 atom stereocenters. The molecule has 0 radical (unpaired) electrons. The van der Waals surface area contributed by atoms with Crippen LogP contribution in [0.1, 0.15) is 16.3 Å². The molecule has 2 rings (SSSR count). The van der Waals surface area contributed by atoms with Gasteiger partial charge in [-0.25, -0.2) is 4.98 Å². The van der Waals surface area contributed by atoms with Gasteiger partial charge in [-0.1, -0.05) is 12.1 Å². The zero-order chi connectivity index (χ0) is 21.5. The molecule has 0 saturated carbocycles. The lowest BCUT2D eigenvalue weighted by molar-refractivity contribution is -0.274. The zero-order valence-electron chi connectivity index (χ0n) is 15.2. The van der Waals surface area contributed by atoms with Crippen molar-refractivity contribution in [2.24, 2.45) is 4.99 Å². The van der Waals surface area contributed by atoms with Crippen LogP contribution in [-0.2, 0) is 19.0 Å². The lowest BCUT2D eigenvalue weighted by Crippen LogP contribution is -2.39. The Balaban J connectivity index is 1.72. The van der Waals surface area contributed by atoms with Crippen LogP contribution in [0.5, 0.6) is 5.75 Å². The Morgan fingerprint density at radius 3 is 2.17 bits per heavy atom. The predicted octanol–water partition coefficient (Wildman–Crippen LogP) is 4.01. The number of benzene rings is 1. The number of rotatable bonds is 7. The second-order valence-corrected chi connectivity index (χ2v) is 6.68. The molecule has 0 unspecified atom stereocenters. The molecule has 1 aromatic carbocycles. The minimum atomic E-state index is -4.73. The van der Waals surface area contributed by atoms with Crippen LogP contribution < -0.4 is 15.4 Å². The number of hydrogen-bond acceptors (Lipinski definition) is 4. The van der Waals surface area contributed by atoms with Gasteiger partial charge in [0.25, 0.3) is 0 Å². The first-order valence-corrected chi connectivity index (χ1v) is 9.25. The van der Waals surface area contributed by atoms with Gasteiger partial charge in [0.1, 0.15) is 5.75 Å². The fourth-order valence-electron chi connectivity index (χ4n) is 2.25. The average Bonchev–Trinajstić information content (AvgIpc) is 3.10. The molecular formula is C17H18F6N4OS. The van der Waals surface area contributed by atoms with Crippen molar-refractivity contribution in [1.29, 1.82) is 0 Å². The molecule has 5 nitrogen and oxygen atoms in total. The number of alkyl halides is 6. The second-order valence-electron chi connectivity index (χ2n) is 5.74. The first-order chi connectivity index (χ1) is 13.6.